The molecular formula is C17H19N3O. The number of nitrogens with one attached hydrogen (secondary N) is 1. The zero-order valence-electron chi connectivity index (χ0n) is 12.0. The summed E-state index contributed by atoms with van der Waals surface area (Å²) < 4.78 is 0. The summed E-state index contributed by atoms with van der Waals surface area (Å²) in [5.41, 5.74) is 3.60. The molecule has 3 rings (SSSR count). The Hall–Kier alpha value is -2.36. The summed E-state index contributed by atoms with van der Waals surface area (Å²) in [6.07, 6.45) is 5.69. The van der Waals surface area contributed by atoms with Crippen molar-refractivity contribution in [2.75, 3.05) is 18.0 Å². The number of pyridine rings is 1. The number of anilines is 1. The third-order valence-electron chi connectivity index (χ3n) is 3.78. The van der Waals surface area contributed by atoms with Gasteiger partial charge in [0.05, 0.1) is 6.54 Å². The Morgan fingerprint density at radius 3 is 2.86 bits per heavy atom. The maximum atomic E-state index is 12.1. The van der Waals surface area contributed by atoms with Gasteiger partial charge in [-0.15, -0.1) is 0 Å². The highest BCUT2D eigenvalue weighted by Crippen LogP contribution is 2.26. The number of rotatable bonds is 4. The number of carbonyl (C=O) groups excluding carboxylic acids is 1. The number of carbonyl (C=O) groups is 1. The number of hydrogen-bond donors (Lipinski definition) is 1. The van der Waals surface area contributed by atoms with Crippen molar-refractivity contribution < 1.29 is 4.79 Å². The van der Waals surface area contributed by atoms with Crippen LogP contribution < -0.4 is 10.2 Å². The Labute approximate surface area is 124 Å². The second-order valence-corrected chi connectivity index (χ2v) is 5.29. The van der Waals surface area contributed by atoms with Crippen LogP contribution in [0, 0.1) is 0 Å². The molecule has 1 aromatic carbocycles. The topological polar surface area (TPSA) is 45.2 Å². The van der Waals surface area contributed by atoms with Crippen LogP contribution >= 0.6 is 0 Å². The summed E-state index contributed by atoms with van der Waals surface area (Å²) in [6, 6.07) is 12.2. The molecule has 0 radical (unpaired) electrons. The van der Waals surface area contributed by atoms with Gasteiger partial charge in [0.15, 0.2) is 0 Å². The van der Waals surface area contributed by atoms with E-state index in [2.05, 4.69) is 33.4 Å². The lowest BCUT2D eigenvalue weighted by molar-refractivity contribution is -0.119. The molecule has 0 unspecified atom stereocenters. The van der Waals surface area contributed by atoms with Gasteiger partial charge in [0, 0.05) is 31.2 Å². The minimum absolute atomic E-state index is 0.0588. The molecule has 0 atom stereocenters. The Balaban J connectivity index is 1.58. The molecule has 0 fully saturated rings. The predicted octanol–water partition coefficient (Wildman–Crippen LogP) is 2.15. The lowest BCUT2D eigenvalue weighted by Gasteiger charge is -2.30. The molecule has 0 saturated heterocycles. The zero-order chi connectivity index (χ0) is 14.5. The first-order valence-electron chi connectivity index (χ1n) is 7.31. The normalized spacial score (nSPS) is 13.6. The summed E-state index contributed by atoms with van der Waals surface area (Å²) in [4.78, 5) is 18.3. The minimum Gasteiger partial charge on any atom is -0.362 e. The zero-order valence-corrected chi connectivity index (χ0v) is 12.0. The Morgan fingerprint density at radius 2 is 2.00 bits per heavy atom. The van der Waals surface area contributed by atoms with E-state index in [1.54, 1.807) is 12.4 Å². The van der Waals surface area contributed by atoms with Gasteiger partial charge >= 0.3 is 0 Å². The fourth-order valence-electron chi connectivity index (χ4n) is 2.71. The molecule has 4 heteroatoms. The van der Waals surface area contributed by atoms with Crippen molar-refractivity contribution >= 4 is 11.6 Å². The van der Waals surface area contributed by atoms with Crippen LogP contribution in [0.1, 0.15) is 17.5 Å². The van der Waals surface area contributed by atoms with Gasteiger partial charge < -0.3 is 10.2 Å². The second-order valence-electron chi connectivity index (χ2n) is 5.29. The van der Waals surface area contributed by atoms with E-state index < -0.39 is 0 Å². The van der Waals surface area contributed by atoms with Gasteiger partial charge in [-0.05, 0) is 42.2 Å². The lowest BCUT2D eigenvalue weighted by atomic mass is 10.0. The molecule has 1 aromatic heterocycles. The molecule has 108 valence electrons. The average molecular weight is 281 g/mol. The average Bonchev–Trinajstić information content (AvgIpc) is 2.54. The first-order valence-corrected chi connectivity index (χ1v) is 7.31. The third-order valence-corrected chi connectivity index (χ3v) is 3.78. The summed E-state index contributed by atoms with van der Waals surface area (Å²) in [7, 11) is 0. The highest BCUT2D eigenvalue weighted by atomic mass is 16.2. The van der Waals surface area contributed by atoms with Crippen LogP contribution in [0.2, 0.25) is 0 Å². The molecule has 1 N–H and O–H groups in total. The largest absolute Gasteiger partial charge is 0.362 e. The Kier molecular flexibility index (Phi) is 4.15. The first-order chi connectivity index (χ1) is 10.3. The molecule has 0 bridgehead atoms. The highest BCUT2D eigenvalue weighted by Gasteiger charge is 2.18. The molecule has 1 amide bonds. The van der Waals surface area contributed by atoms with Crippen molar-refractivity contribution in [2.24, 2.45) is 0 Å². The second kappa shape index (κ2) is 6.39. The monoisotopic (exact) mass is 281 g/mol. The number of aryl methyl sites for hydroxylation is 1. The van der Waals surface area contributed by atoms with E-state index in [9.17, 15) is 4.79 Å². The van der Waals surface area contributed by atoms with Crippen LogP contribution in [0.25, 0.3) is 0 Å². The molecule has 4 nitrogen and oxygen atoms in total. The summed E-state index contributed by atoms with van der Waals surface area (Å²) in [6.45, 7) is 1.92. The highest BCUT2D eigenvalue weighted by molar-refractivity contribution is 5.81. The number of aromatic nitrogens is 1. The maximum absolute atomic E-state index is 12.1. The van der Waals surface area contributed by atoms with Gasteiger partial charge in [0.1, 0.15) is 0 Å². The van der Waals surface area contributed by atoms with Gasteiger partial charge in [-0.2, -0.15) is 0 Å². The molecule has 21 heavy (non-hydrogen) atoms. The van der Waals surface area contributed by atoms with E-state index >= 15 is 0 Å². The van der Waals surface area contributed by atoms with E-state index in [-0.39, 0.29) is 5.91 Å². The van der Waals surface area contributed by atoms with Crippen LogP contribution in [-0.4, -0.2) is 24.0 Å². The van der Waals surface area contributed by atoms with E-state index in [0.29, 0.717) is 13.1 Å². The Bertz CT molecular complexity index is 612. The van der Waals surface area contributed by atoms with Crippen LogP contribution in [0.3, 0.4) is 0 Å². The molecule has 1 aliphatic rings. The van der Waals surface area contributed by atoms with Gasteiger partial charge in [-0.25, -0.2) is 0 Å². The molecule has 1 aliphatic heterocycles. The first kappa shape index (κ1) is 13.6. The Morgan fingerprint density at radius 1 is 1.19 bits per heavy atom. The summed E-state index contributed by atoms with van der Waals surface area (Å²) in [5, 5.41) is 2.97. The van der Waals surface area contributed by atoms with Crippen molar-refractivity contribution in [1.82, 2.24) is 10.3 Å². The van der Waals surface area contributed by atoms with Gasteiger partial charge in [0.2, 0.25) is 5.91 Å². The van der Waals surface area contributed by atoms with Crippen molar-refractivity contribution in [3.8, 4) is 0 Å². The van der Waals surface area contributed by atoms with Crippen LogP contribution in [0.5, 0.6) is 0 Å². The van der Waals surface area contributed by atoms with Crippen LogP contribution in [0.15, 0.2) is 48.8 Å². The third kappa shape index (κ3) is 3.40. The van der Waals surface area contributed by atoms with E-state index in [4.69, 9.17) is 0 Å². The number of benzene rings is 1. The molecule has 0 saturated carbocycles. The van der Waals surface area contributed by atoms with Crippen molar-refractivity contribution in [3.05, 3.63) is 59.9 Å². The number of fused-ring (bicyclic) bond motifs is 1. The number of hydrogen-bond acceptors (Lipinski definition) is 3. The van der Waals surface area contributed by atoms with Gasteiger partial charge in [-0.1, -0.05) is 18.2 Å². The van der Waals surface area contributed by atoms with Crippen LogP contribution in [0.4, 0.5) is 5.69 Å². The maximum Gasteiger partial charge on any atom is 0.239 e. The van der Waals surface area contributed by atoms with Gasteiger partial charge in [0.25, 0.3) is 0 Å². The fourth-order valence-corrected chi connectivity index (χ4v) is 2.71. The van der Waals surface area contributed by atoms with E-state index in [1.807, 2.05) is 18.2 Å². The van der Waals surface area contributed by atoms with Crippen LogP contribution in [-0.2, 0) is 17.8 Å². The molecule has 2 heterocycles. The molecule has 0 spiro atoms. The quantitative estimate of drug-likeness (QED) is 0.934. The smallest absolute Gasteiger partial charge is 0.239 e. The van der Waals surface area contributed by atoms with Crippen molar-refractivity contribution in [2.45, 2.75) is 19.4 Å². The van der Waals surface area contributed by atoms with E-state index in [1.165, 1.54) is 11.3 Å². The molecule has 2 aromatic rings. The molecular weight excluding hydrogens is 262 g/mol. The van der Waals surface area contributed by atoms with Gasteiger partial charge in [-0.3, -0.25) is 9.78 Å². The number of para-hydroxylation sites is 1. The lowest BCUT2D eigenvalue weighted by Crippen LogP contribution is -2.39. The summed E-state index contributed by atoms with van der Waals surface area (Å²) >= 11 is 0. The SMILES string of the molecule is O=C(CN1CCCc2ccccc21)NCc1ccncc1. The summed E-state index contributed by atoms with van der Waals surface area (Å²) in [5.74, 6) is 0.0588. The van der Waals surface area contributed by atoms with E-state index in [0.717, 1.165) is 24.9 Å². The number of amides is 1. The van der Waals surface area contributed by atoms with Crippen molar-refractivity contribution in [3.63, 3.8) is 0 Å². The predicted molar refractivity (Wildman–Crippen MR) is 83.1 cm³/mol. The van der Waals surface area contributed by atoms with Crippen molar-refractivity contribution in [1.29, 1.82) is 0 Å². The number of nitrogens with zero attached hydrogens (tertiary/aromatic N) is 2. The minimum atomic E-state index is 0.0588. The molecule has 0 aliphatic carbocycles. The fraction of sp³-hybridized carbons (Fsp3) is 0.294. The standard InChI is InChI=1S/C17H19N3O/c21-17(19-12-14-7-9-18-10-8-14)13-20-11-3-5-15-4-1-2-6-16(15)20/h1-2,4,6-10H,3,5,11-13H2,(H,19,21).